The van der Waals surface area contributed by atoms with E-state index in [2.05, 4.69) is 93.9 Å². The van der Waals surface area contributed by atoms with Crippen molar-refractivity contribution < 1.29 is 18.9 Å². The quantitative estimate of drug-likeness (QED) is 0.0972. The van der Waals surface area contributed by atoms with Gasteiger partial charge in [0.15, 0.2) is 0 Å². The van der Waals surface area contributed by atoms with Crippen LogP contribution < -0.4 is 29.0 Å². The highest BCUT2D eigenvalue weighted by Gasteiger charge is 2.35. The maximum atomic E-state index is 6.63. The summed E-state index contributed by atoms with van der Waals surface area (Å²) >= 11 is 6.63. The molecular formula is C44H59ClN6O4. The van der Waals surface area contributed by atoms with Crippen LogP contribution in [0, 0.1) is 0 Å². The fraction of sp³-hybridized carbons (Fsp3) is 0.500. The first-order chi connectivity index (χ1) is 26.7. The Hall–Kier alpha value is -4.25. The monoisotopic (exact) mass is 770 g/mol. The lowest BCUT2D eigenvalue weighted by molar-refractivity contribution is 0.183. The van der Waals surface area contributed by atoms with E-state index in [0.29, 0.717) is 29.7 Å². The average molecular weight is 771 g/mol. The Balaban J connectivity index is 1.19. The second-order valence-electron chi connectivity index (χ2n) is 15.0. The van der Waals surface area contributed by atoms with Gasteiger partial charge in [-0.1, -0.05) is 11.6 Å². The van der Waals surface area contributed by atoms with E-state index >= 15 is 0 Å². The van der Waals surface area contributed by atoms with Crippen molar-refractivity contribution in [2.45, 2.75) is 105 Å². The Bertz CT molecular complexity index is 1710. The van der Waals surface area contributed by atoms with Crippen LogP contribution in [-0.2, 0) is 13.1 Å². The van der Waals surface area contributed by atoms with Gasteiger partial charge in [-0.3, -0.25) is 29.8 Å². The van der Waals surface area contributed by atoms with Crippen LogP contribution in [0.1, 0.15) is 78.4 Å². The predicted octanol–water partition coefficient (Wildman–Crippen LogP) is 9.06. The number of pyridine rings is 2. The molecule has 2 aliphatic heterocycles. The summed E-state index contributed by atoms with van der Waals surface area (Å²) in [5.74, 6) is 3.08. The molecule has 0 spiro atoms. The number of piperidine rings is 2. The lowest BCUT2D eigenvalue weighted by Crippen LogP contribution is -2.59. The summed E-state index contributed by atoms with van der Waals surface area (Å²) in [6, 6.07) is 19.5. The largest absolute Gasteiger partial charge is 0.492 e. The zero-order chi connectivity index (χ0) is 38.7. The summed E-state index contributed by atoms with van der Waals surface area (Å²) in [5.41, 5.74) is 4.56. The number of aromatic nitrogens is 2. The number of hydrazine groups is 1. The molecule has 6 rings (SSSR count). The van der Waals surface area contributed by atoms with E-state index < -0.39 is 0 Å². The summed E-state index contributed by atoms with van der Waals surface area (Å²) in [7, 11) is 0. The van der Waals surface area contributed by atoms with Crippen molar-refractivity contribution >= 4 is 23.0 Å². The minimum absolute atomic E-state index is 0.0950. The van der Waals surface area contributed by atoms with Crippen LogP contribution in [0.3, 0.4) is 0 Å². The summed E-state index contributed by atoms with van der Waals surface area (Å²) < 4.78 is 24.0. The van der Waals surface area contributed by atoms with Crippen LogP contribution in [0.15, 0.2) is 79.4 Å². The Morgan fingerprint density at radius 3 is 1.44 bits per heavy atom. The van der Waals surface area contributed by atoms with Gasteiger partial charge in [0.2, 0.25) is 0 Å². The molecule has 0 radical (unpaired) electrons. The third kappa shape index (κ3) is 11.0. The van der Waals surface area contributed by atoms with Gasteiger partial charge in [-0.15, -0.1) is 0 Å². The molecule has 11 heteroatoms. The number of hydrogen-bond donors (Lipinski definition) is 0. The van der Waals surface area contributed by atoms with Gasteiger partial charge in [-0.05, 0) is 127 Å². The normalized spacial score (nSPS) is 16.0. The topological polar surface area (TPSA) is 75.7 Å². The number of benzene rings is 2. The first-order valence-corrected chi connectivity index (χ1v) is 20.5. The maximum absolute atomic E-state index is 6.63. The molecule has 0 N–H and O–H groups in total. The van der Waals surface area contributed by atoms with E-state index in [-0.39, 0.29) is 24.3 Å². The van der Waals surface area contributed by atoms with Crippen LogP contribution in [0.5, 0.6) is 23.0 Å². The minimum Gasteiger partial charge on any atom is -0.492 e. The lowest BCUT2D eigenvalue weighted by Gasteiger charge is -2.50. The average Bonchev–Trinajstić information content (AvgIpc) is 3.17. The van der Waals surface area contributed by atoms with E-state index in [1.165, 1.54) is 5.56 Å². The zero-order valence-corrected chi connectivity index (χ0v) is 34.3. The highest BCUT2D eigenvalue weighted by Crippen LogP contribution is 2.38. The summed E-state index contributed by atoms with van der Waals surface area (Å²) in [5, 5.41) is 5.61. The summed E-state index contributed by atoms with van der Waals surface area (Å²) in [6.45, 7) is 18.8. The third-order valence-corrected chi connectivity index (χ3v) is 10.4. The third-order valence-electron chi connectivity index (χ3n) is 10.0. The number of halogens is 1. The van der Waals surface area contributed by atoms with Gasteiger partial charge in [0.25, 0.3) is 0 Å². The molecule has 2 fully saturated rings. The fourth-order valence-corrected chi connectivity index (χ4v) is 8.02. The molecular weight excluding hydrogens is 712 g/mol. The second-order valence-corrected chi connectivity index (χ2v) is 15.4. The molecule has 0 aliphatic carbocycles. The van der Waals surface area contributed by atoms with Crippen molar-refractivity contribution in [1.29, 1.82) is 0 Å². The molecule has 2 aliphatic rings. The summed E-state index contributed by atoms with van der Waals surface area (Å²) in [4.78, 5) is 14.3. The van der Waals surface area contributed by atoms with Gasteiger partial charge >= 0.3 is 0 Å². The SMILES string of the molecule is CCOc1cc(CN2CCC(N(c3cccnc3)N(c3cccnc3)C3CCN(Cc4cc(OC(C)C)cc(OC(C)C)c4)CC3)CC2)cc(OCC)c1Cl. The van der Waals surface area contributed by atoms with Crippen molar-refractivity contribution in [2.24, 2.45) is 0 Å². The molecule has 0 bridgehead atoms. The van der Waals surface area contributed by atoms with Crippen LogP contribution >= 0.6 is 11.6 Å². The molecule has 2 saturated heterocycles. The van der Waals surface area contributed by atoms with E-state index in [1.54, 1.807) is 0 Å². The maximum Gasteiger partial charge on any atom is 0.141 e. The van der Waals surface area contributed by atoms with E-state index in [9.17, 15) is 0 Å². The standard InChI is InChI=1S/C44H59ClN6O4/c1-7-52-42-25-35(26-43(44(42)45)53-8-2)31-49-21-15-37(16-22-49)51(39-12-10-18-47-29-39)50(38-11-9-17-46-28-38)36-13-19-48(20-14-36)30-34-23-40(54-32(3)4)27-41(24-34)55-33(5)6/h9-12,17-18,23-29,32-33,36-37H,7-8,13-16,19-22,30-31H2,1-6H3. The molecule has 0 amide bonds. The summed E-state index contributed by atoms with van der Waals surface area (Å²) in [6.07, 6.45) is 12.0. The number of hydrogen-bond acceptors (Lipinski definition) is 10. The zero-order valence-electron chi connectivity index (χ0n) is 33.5. The number of anilines is 2. The van der Waals surface area contributed by atoms with Crippen molar-refractivity contribution in [2.75, 3.05) is 49.4 Å². The Kier molecular flexibility index (Phi) is 14.4. The van der Waals surface area contributed by atoms with Crippen molar-refractivity contribution in [3.8, 4) is 23.0 Å². The van der Waals surface area contributed by atoms with Crippen molar-refractivity contribution in [3.05, 3.63) is 95.5 Å². The highest BCUT2D eigenvalue weighted by molar-refractivity contribution is 6.33. The smallest absolute Gasteiger partial charge is 0.141 e. The van der Waals surface area contributed by atoms with Crippen LogP contribution in [0.2, 0.25) is 5.02 Å². The van der Waals surface area contributed by atoms with Crippen molar-refractivity contribution in [3.63, 3.8) is 0 Å². The molecule has 2 aromatic heterocycles. The minimum atomic E-state index is 0.0950. The molecule has 55 heavy (non-hydrogen) atoms. The molecule has 0 saturated carbocycles. The van der Waals surface area contributed by atoms with Gasteiger partial charge in [0, 0.05) is 57.7 Å². The highest BCUT2D eigenvalue weighted by atomic mass is 35.5. The van der Waals surface area contributed by atoms with E-state index in [1.807, 2.05) is 56.8 Å². The Morgan fingerprint density at radius 1 is 0.655 bits per heavy atom. The number of likely N-dealkylation sites (tertiary alicyclic amines) is 2. The van der Waals surface area contributed by atoms with Gasteiger partial charge in [0.1, 0.15) is 28.0 Å². The van der Waals surface area contributed by atoms with Crippen LogP contribution in [-0.4, -0.2) is 83.5 Å². The first kappa shape index (κ1) is 40.4. The fourth-order valence-electron chi connectivity index (χ4n) is 7.80. The molecule has 0 atom stereocenters. The van der Waals surface area contributed by atoms with Crippen molar-refractivity contribution in [1.82, 2.24) is 19.8 Å². The van der Waals surface area contributed by atoms with Gasteiger partial charge in [-0.2, -0.15) is 0 Å². The molecule has 4 heterocycles. The second kappa shape index (κ2) is 19.6. The van der Waals surface area contributed by atoms with Gasteiger partial charge in [0.05, 0.1) is 61.3 Å². The van der Waals surface area contributed by atoms with Gasteiger partial charge < -0.3 is 18.9 Å². The van der Waals surface area contributed by atoms with Crippen LogP contribution in [0.4, 0.5) is 11.4 Å². The molecule has 296 valence electrons. The lowest BCUT2D eigenvalue weighted by atomic mass is 10.00. The molecule has 0 unspecified atom stereocenters. The molecule has 2 aromatic carbocycles. The van der Waals surface area contributed by atoms with Gasteiger partial charge in [-0.25, -0.2) is 0 Å². The van der Waals surface area contributed by atoms with E-state index in [4.69, 9.17) is 30.5 Å². The number of nitrogens with zero attached hydrogens (tertiary/aromatic N) is 6. The first-order valence-electron chi connectivity index (χ1n) is 20.1. The number of rotatable bonds is 17. The molecule has 10 nitrogen and oxygen atoms in total. The Labute approximate surface area is 333 Å². The number of ether oxygens (including phenoxy) is 4. The molecule has 4 aromatic rings. The van der Waals surface area contributed by atoms with Crippen LogP contribution in [0.25, 0.3) is 0 Å². The van der Waals surface area contributed by atoms with E-state index in [0.717, 1.165) is 93.4 Å². The Morgan fingerprint density at radius 2 is 1.07 bits per heavy atom. The predicted molar refractivity (Wildman–Crippen MR) is 222 cm³/mol.